The van der Waals surface area contributed by atoms with Crippen LogP contribution in [-0.4, -0.2) is 25.7 Å². The Labute approximate surface area is 110 Å². The van der Waals surface area contributed by atoms with Crippen molar-refractivity contribution >= 4 is 11.8 Å². The molecule has 0 bridgehead atoms. The van der Waals surface area contributed by atoms with Crippen molar-refractivity contribution in [2.24, 2.45) is 0 Å². The van der Waals surface area contributed by atoms with Gasteiger partial charge in [0.25, 0.3) is 5.56 Å². The molecule has 0 aliphatic heterocycles. The van der Waals surface area contributed by atoms with Gasteiger partial charge in [-0.05, 0) is 26.0 Å². The molecule has 2 N–H and O–H groups in total. The summed E-state index contributed by atoms with van der Waals surface area (Å²) < 4.78 is 1.03. The van der Waals surface area contributed by atoms with Crippen LogP contribution in [0.15, 0.2) is 9.59 Å². The number of hydrogen-bond acceptors (Lipinski definition) is 4. The number of hydrogen-bond donors (Lipinski definition) is 2. The third-order valence-corrected chi connectivity index (χ3v) is 4.11. The number of aromatic hydroxyl groups is 1. The first kappa shape index (κ1) is 14.9. The van der Waals surface area contributed by atoms with Crippen LogP contribution < -0.4 is 11.2 Å². The maximum Gasteiger partial charge on any atom is 0.331 e. The Balaban J connectivity index is 3.42. The molecule has 0 saturated heterocycles. The van der Waals surface area contributed by atoms with Crippen molar-refractivity contribution in [2.75, 3.05) is 6.26 Å². The molecular formula is C12H20N2O3S. The Hall–Kier alpha value is -1.17. The van der Waals surface area contributed by atoms with Gasteiger partial charge in [-0.3, -0.25) is 14.3 Å². The minimum Gasteiger partial charge on any atom is -0.494 e. The van der Waals surface area contributed by atoms with E-state index in [4.69, 9.17) is 0 Å². The first-order chi connectivity index (χ1) is 8.19. The van der Waals surface area contributed by atoms with Crippen molar-refractivity contribution in [1.82, 2.24) is 9.55 Å². The van der Waals surface area contributed by atoms with Crippen molar-refractivity contribution < 1.29 is 5.11 Å². The Morgan fingerprint density at radius 2 is 1.94 bits per heavy atom. The van der Waals surface area contributed by atoms with E-state index in [1.54, 1.807) is 25.6 Å². The molecule has 6 heteroatoms. The minimum absolute atomic E-state index is 0.141. The van der Waals surface area contributed by atoms with Gasteiger partial charge in [-0.1, -0.05) is 13.8 Å². The Bertz CT molecular complexity index is 543. The SMILES string of the molecule is CSC(C)(C)Cn1c(O)c(C(C)C)c(=O)[nH]c1=O. The number of aromatic nitrogens is 2. The van der Waals surface area contributed by atoms with Gasteiger partial charge >= 0.3 is 5.69 Å². The van der Waals surface area contributed by atoms with Crippen LogP contribution in [-0.2, 0) is 6.54 Å². The fraction of sp³-hybridized carbons (Fsp3) is 0.667. The number of rotatable bonds is 4. The fourth-order valence-electron chi connectivity index (χ4n) is 1.69. The standard InChI is InChI=1S/C12H20N2O3S/c1-7(2)8-9(15)13-11(17)14(10(8)16)6-12(3,4)18-5/h7,16H,6H2,1-5H3,(H,13,15,17). The zero-order chi connectivity index (χ0) is 14.1. The fourth-order valence-corrected chi connectivity index (χ4v) is 1.95. The molecule has 0 radical (unpaired) electrons. The average Bonchev–Trinajstić information content (AvgIpc) is 2.23. The van der Waals surface area contributed by atoms with Crippen LogP contribution in [0.2, 0.25) is 0 Å². The topological polar surface area (TPSA) is 75.1 Å². The number of thioether (sulfide) groups is 1. The second-order valence-electron chi connectivity index (χ2n) is 5.20. The molecule has 0 aliphatic rings. The van der Waals surface area contributed by atoms with Crippen molar-refractivity contribution in [1.29, 1.82) is 0 Å². The molecule has 0 aromatic carbocycles. The van der Waals surface area contributed by atoms with Crippen LogP contribution in [0.3, 0.4) is 0 Å². The number of nitrogens with zero attached hydrogens (tertiary/aromatic N) is 1. The van der Waals surface area contributed by atoms with Gasteiger partial charge in [-0.25, -0.2) is 4.79 Å². The molecule has 1 rings (SSSR count). The second kappa shape index (κ2) is 5.22. The molecule has 0 atom stereocenters. The smallest absolute Gasteiger partial charge is 0.331 e. The van der Waals surface area contributed by atoms with Crippen LogP contribution in [0.25, 0.3) is 0 Å². The third-order valence-electron chi connectivity index (χ3n) is 2.88. The molecule has 0 unspecified atom stereocenters. The highest BCUT2D eigenvalue weighted by molar-refractivity contribution is 7.99. The third kappa shape index (κ3) is 2.98. The normalized spacial score (nSPS) is 12.1. The summed E-state index contributed by atoms with van der Waals surface area (Å²) >= 11 is 1.59. The number of aromatic amines is 1. The van der Waals surface area contributed by atoms with E-state index in [0.717, 1.165) is 0 Å². The zero-order valence-corrected chi connectivity index (χ0v) is 12.2. The van der Waals surface area contributed by atoms with Gasteiger partial charge in [-0.2, -0.15) is 11.8 Å². The summed E-state index contributed by atoms with van der Waals surface area (Å²) in [6, 6.07) is 0. The van der Waals surface area contributed by atoms with Gasteiger partial charge in [0.05, 0.1) is 5.56 Å². The molecule has 5 nitrogen and oxygen atoms in total. The lowest BCUT2D eigenvalue weighted by Gasteiger charge is -2.24. The first-order valence-corrected chi connectivity index (χ1v) is 7.03. The molecule has 0 amide bonds. The predicted molar refractivity (Wildman–Crippen MR) is 74.7 cm³/mol. The van der Waals surface area contributed by atoms with Crippen molar-refractivity contribution in [3.63, 3.8) is 0 Å². The van der Waals surface area contributed by atoms with Crippen LogP contribution in [0, 0.1) is 0 Å². The van der Waals surface area contributed by atoms with Crippen molar-refractivity contribution in [3.8, 4) is 5.88 Å². The summed E-state index contributed by atoms with van der Waals surface area (Å²) in [6.07, 6.45) is 1.94. The summed E-state index contributed by atoms with van der Waals surface area (Å²) in [5.41, 5.74) is -0.818. The largest absolute Gasteiger partial charge is 0.494 e. The Morgan fingerprint density at radius 1 is 1.39 bits per heavy atom. The van der Waals surface area contributed by atoms with Gasteiger partial charge in [0.2, 0.25) is 5.88 Å². The molecule has 0 aliphatic carbocycles. The van der Waals surface area contributed by atoms with Gasteiger partial charge in [0.1, 0.15) is 0 Å². The van der Waals surface area contributed by atoms with Gasteiger partial charge < -0.3 is 5.11 Å². The maximum absolute atomic E-state index is 11.8. The minimum atomic E-state index is -0.566. The first-order valence-electron chi connectivity index (χ1n) is 5.80. The summed E-state index contributed by atoms with van der Waals surface area (Å²) in [7, 11) is 0. The molecule has 0 saturated carbocycles. The van der Waals surface area contributed by atoms with Crippen molar-refractivity contribution in [2.45, 2.75) is 44.9 Å². The molecule has 1 aromatic rings. The number of nitrogens with one attached hydrogen (secondary N) is 1. The summed E-state index contributed by atoms with van der Waals surface area (Å²) in [5.74, 6) is -0.362. The van der Waals surface area contributed by atoms with E-state index in [1.807, 2.05) is 20.1 Å². The van der Waals surface area contributed by atoms with Crippen LogP contribution in [0.4, 0.5) is 0 Å². The Kier molecular flexibility index (Phi) is 4.32. The van der Waals surface area contributed by atoms with E-state index in [9.17, 15) is 14.7 Å². The number of H-pyrrole nitrogens is 1. The van der Waals surface area contributed by atoms with E-state index >= 15 is 0 Å². The molecule has 0 spiro atoms. The van der Waals surface area contributed by atoms with E-state index in [0.29, 0.717) is 6.54 Å². The Morgan fingerprint density at radius 3 is 2.39 bits per heavy atom. The molecule has 1 aromatic heterocycles. The summed E-state index contributed by atoms with van der Waals surface area (Å²) in [6.45, 7) is 7.90. The highest BCUT2D eigenvalue weighted by atomic mass is 32.2. The summed E-state index contributed by atoms with van der Waals surface area (Å²) in [4.78, 5) is 25.7. The molecule has 102 valence electrons. The van der Waals surface area contributed by atoms with Gasteiger partial charge in [0, 0.05) is 11.3 Å². The highest BCUT2D eigenvalue weighted by Gasteiger charge is 2.23. The zero-order valence-electron chi connectivity index (χ0n) is 11.4. The lowest BCUT2D eigenvalue weighted by Crippen LogP contribution is -2.37. The van der Waals surface area contributed by atoms with Crippen LogP contribution >= 0.6 is 11.8 Å². The van der Waals surface area contributed by atoms with Crippen LogP contribution in [0.1, 0.15) is 39.2 Å². The lowest BCUT2D eigenvalue weighted by atomic mass is 10.1. The molecule has 18 heavy (non-hydrogen) atoms. The molecular weight excluding hydrogens is 252 g/mol. The predicted octanol–water partition coefficient (Wildman–Crippen LogP) is 1.51. The van der Waals surface area contributed by atoms with E-state index in [1.165, 1.54) is 4.57 Å². The molecule has 0 fully saturated rings. The van der Waals surface area contributed by atoms with E-state index < -0.39 is 11.2 Å². The maximum atomic E-state index is 11.8. The van der Waals surface area contributed by atoms with E-state index in [-0.39, 0.29) is 22.1 Å². The van der Waals surface area contributed by atoms with Gasteiger partial charge in [0.15, 0.2) is 0 Å². The average molecular weight is 272 g/mol. The monoisotopic (exact) mass is 272 g/mol. The molecule has 1 heterocycles. The van der Waals surface area contributed by atoms with Gasteiger partial charge in [-0.15, -0.1) is 0 Å². The van der Waals surface area contributed by atoms with Crippen LogP contribution in [0.5, 0.6) is 5.88 Å². The van der Waals surface area contributed by atoms with Crippen molar-refractivity contribution in [3.05, 3.63) is 26.4 Å². The van der Waals surface area contributed by atoms with E-state index in [2.05, 4.69) is 4.98 Å². The lowest BCUT2D eigenvalue weighted by molar-refractivity contribution is 0.376. The summed E-state index contributed by atoms with van der Waals surface area (Å²) in [5, 5.41) is 10.1. The highest BCUT2D eigenvalue weighted by Crippen LogP contribution is 2.26. The quantitative estimate of drug-likeness (QED) is 0.871. The second-order valence-corrected chi connectivity index (χ2v) is 6.71.